The minimum atomic E-state index is -0.558. The summed E-state index contributed by atoms with van der Waals surface area (Å²) in [6, 6.07) is 3.25. The van der Waals surface area contributed by atoms with Gasteiger partial charge in [0, 0.05) is 25.5 Å². The molecular formula is C16H23N3O3. The molecule has 6 nitrogen and oxygen atoms in total. The first-order chi connectivity index (χ1) is 10.4. The van der Waals surface area contributed by atoms with Gasteiger partial charge in [-0.2, -0.15) is 0 Å². The van der Waals surface area contributed by atoms with Gasteiger partial charge in [-0.1, -0.05) is 0 Å². The second kappa shape index (κ2) is 6.77. The van der Waals surface area contributed by atoms with E-state index in [1.54, 1.807) is 12.4 Å². The lowest BCUT2D eigenvalue weighted by molar-refractivity contribution is -0.125. The number of rotatable bonds is 3. The fourth-order valence-corrected chi connectivity index (χ4v) is 2.39. The number of carbonyl (C=O) groups is 2. The van der Waals surface area contributed by atoms with E-state index in [4.69, 9.17) is 4.74 Å². The van der Waals surface area contributed by atoms with Crippen LogP contribution in [-0.2, 0) is 16.1 Å². The first-order valence-corrected chi connectivity index (χ1v) is 7.53. The Morgan fingerprint density at radius 3 is 2.68 bits per heavy atom. The topological polar surface area (TPSA) is 71.5 Å². The third kappa shape index (κ3) is 4.44. The van der Waals surface area contributed by atoms with Gasteiger partial charge in [0.15, 0.2) is 0 Å². The number of hydrogen-bond donors (Lipinski definition) is 1. The summed E-state index contributed by atoms with van der Waals surface area (Å²) in [4.78, 5) is 29.9. The maximum Gasteiger partial charge on any atom is 0.410 e. The highest BCUT2D eigenvalue weighted by Gasteiger charge is 2.36. The molecular weight excluding hydrogens is 282 g/mol. The molecule has 1 aliphatic rings. The zero-order valence-electron chi connectivity index (χ0n) is 13.3. The van der Waals surface area contributed by atoms with Crippen molar-refractivity contribution in [1.29, 1.82) is 0 Å². The molecule has 22 heavy (non-hydrogen) atoms. The van der Waals surface area contributed by atoms with Gasteiger partial charge in [-0.3, -0.25) is 14.7 Å². The molecule has 0 aromatic carbocycles. The average Bonchev–Trinajstić information content (AvgIpc) is 2.93. The molecule has 0 spiro atoms. The number of nitrogens with one attached hydrogen (secondary N) is 1. The van der Waals surface area contributed by atoms with E-state index in [-0.39, 0.29) is 5.91 Å². The molecule has 2 rings (SSSR count). The van der Waals surface area contributed by atoms with E-state index in [0.29, 0.717) is 19.5 Å². The van der Waals surface area contributed by atoms with Crippen LogP contribution < -0.4 is 5.32 Å². The van der Waals surface area contributed by atoms with Gasteiger partial charge in [-0.15, -0.1) is 0 Å². The Balaban J connectivity index is 1.92. The molecule has 2 amide bonds. The Labute approximate surface area is 130 Å². The van der Waals surface area contributed by atoms with Crippen molar-refractivity contribution < 1.29 is 14.3 Å². The number of aromatic nitrogens is 1. The molecule has 1 aliphatic heterocycles. The van der Waals surface area contributed by atoms with E-state index in [1.165, 1.54) is 4.90 Å². The van der Waals surface area contributed by atoms with E-state index < -0.39 is 17.7 Å². The van der Waals surface area contributed by atoms with E-state index in [0.717, 1.165) is 12.0 Å². The van der Waals surface area contributed by atoms with E-state index >= 15 is 0 Å². The van der Waals surface area contributed by atoms with Crippen molar-refractivity contribution in [2.75, 3.05) is 6.54 Å². The molecule has 1 aromatic rings. The van der Waals surface area contributed by atoms with Crippen molar-refractivity contribution in [2.24, 2.45) is 0 Å². The molecule has 2 heterocycles. The van der Waals surface area contributed by atoms with Gasteiger partial charge in [-0.05, 0) is 51.3 Å². The van der Waals surface area contributed by atoms with Gasteiger partial charge in [0.25, 0.3) is 0 Å². The zero-order chi connectivity index (χ0) is 16.2. The lowest BCUT2D eigenvalue weighted by Crippen LogP contribution is -2.47. The van der Waals surface area contributed by atoms with Crippen LogP contribution in [0.15, 0.2) is 24.5 Å². The lowest BCUT2D eigenvalue weighted by atomic mass is 10.2. The van der Waals surface area contributed by atoms with E-state index in [1.807, 2.05) is 32.9 Å². The van der Waals surface area contributed by atoms with Gasteiger partial charge in [0.05, 0.1) is 0 Å². The number of carbonyl (C=O) groups excluding carboxylic acids is 2. The van der Waals surface area contributed by atoms with Gasteiger partial charge in [0.2, 0.25) is 5.91 Å². The molecule has 1 saturated heterocycles. The third-order valence-electron chi connectivity index (χ3n) is 3.40. The van der Waals surface area contributed by atoms with Crippen molar-refractivity contribution in [1.82, 2.24) is 15.2 Å². The normalized spacial score (nSPS) is 18.1. The number of hydrogen-bond acceptors (Lipinski definition) is 4. The minimum Gasteiger partial charge on any atom is -0.444 e. The van der Waals surface area contributed by atoms with Crippen LogP contribution in [0.3, 0.4) is 0 Å². The van der Waals surface area contributed by atoms with Crippen molar-refractivity contribution in [2.45, 2.75) is 51.8 Å². The molecule has 0 radical (unpaired) electrons. The number of nitrogens with zero attached hydrogens (tertiary/aromatic N) is 2. The molecule has 0 aliphatic carbocycles. The SMILES string of the molecule is CC(C)(C)OC(=O)N1CCCC1C(=O)NCc1ccncc1. The molecule has 1 N–H and O–H groups in total. The Hall–Kier alpha value is -2.11. The van der Waals surface area contributed by atoms with Crippen molar-refractivity contribution in [3.05, 3.63) is 30.1 Å². The Morgan fingerprint density at radius 1 is 1.36 bits per heavy atom. The number of ether oxygens (including phenoxy) is 1. The standard InChI is InChI=1S/C16H23N3O3/c1-16(2,3)22-15(21)19-10-4-5-13(19)14(20)18-11-12-6-8-17-9-7-12/h6-9,13H,4-5,10-11H2,1-3H3,(H,18,20). The summed E-state index contributed by atoms with van der Waals surface area (Å²) >= 11 is 0. The Kier molecular flexibility index (Phi) is 5.00. The maximum atomic E-state index is 12.3. The zero-order valence-corrected chi connectivity index (χ0v) is 13.3. The van der Waals surface area contributed by atoms with Crippen LogP contribution in [0.1, 0.15) is 39.2 Å². The molecule has 1 fully saturated rings. The summed E-state index contributed by atoms with van der Waals surface area (Å²) < 4.78 is 5.36. The number of pyridine rings is 1. The molecule has 1 aromatic heterocycles. The fourth-order valence-electron chi connectivity index (χ4n) is 2.39. The first-order valence-electron chi connectivity index (χ1n) is 7.53. The molecule has 1 atom stereocenters. The van der Waals surface area contributed by atoms with Gasteiger partial charge >= 0.3 is 6.09 Å². The summed E-state index contributed by atoms with van der Waals surface area (Å²) in [5.41, 5.74) is 0.419. The van der Waals surface area contributed by atoms with Crippen LogP contribution in [0.25, 0.3) is 0 Å². The average molecular weight is 305 g/mol. The van der Waals surface area contributed by atoms with Crippen LogP contribution in [0.5, 0.6) is 0 Å². The maximum absolute atomic E-state index is 12.3. The Morgan fingerprint density at radius 2 is 2.05 bits per heavy atom. The van der Waals surface area contributed by atoms with Gasteiger partial charge < -0.3 is 10.1 Å². The summed E-state index contributed by atoms with van der Waals surface area (Å²) in [6.07, 6.45) is 4.43. The molecule has 6 heteroatoms. The highest BCUT2D eigenvalue weighted by atomic mass is 16.6. The smallest absolute Gasteiger partial charge is 0.410 e. The predicted molar refractivity (Wildman–Crippen MR) is 82.0 cm³/mol. The summed E-state index contributed by atoms with van der Waals surface area (Å²) in [5.74, 6) is -0.139. The van der Waals surface area contributed by atoms with Crippen LogP contribution in [0.2, 0.25) is 0 Å². The lowest BCUT2D eigenvalue weighted by Gasteiger charge is -2.28. The first kappa shape index (κ1) is 16.3. The van der Waals surface area contributed by atoms with Crippen LogP contribution in [0.4, 0.5) is 4.79 Å². The molecule has 0 saturated carbocycles. The summed E-state index contributed by atoms with van der Waals surface area (Å²) in [6.45, 7) is 6.45. The molecule has 120 valence electrons. The highest BCUT2D eigenvalue weighted by Crippen LogP contribution is 2.21. The Bertz CT molecular complexity index is 525. The van der Waals surface area contributed by atoms with Crippen LogP contribution >= 0.6 is 0 Å². The fraction of sp³-hybridized carbons (Fsp3) is 0.562. The monoisotopic (exact) mass is 305 g/mol. The van der Waals surface area contributed by atoms with Gasteiger partial charge in [0.1, 0.15) is 11.6 Å². The third-order valence-corrected chi connectivity index (χ3v) is 3.40. The van der Waals surface area contributed by atoms with Crippen molar-refractivity contribution in [3.8, 4) is 0 Å². The van der Waals surface area contributed by atoms with Crippen LogP contribution in [0, 0.1) is 0 Å². The second-order valence-electron chi connectivity index (χ2n) is 6.41. The van der Waals surface area contributed by atoms with E-state index in [9.17, 15) is 9.59 Å². The predicted octanol–water partition coefficient (Wildman–Crippen LogP) is 2.10. The quantitative estimate of drug-likeness (QED) is 0.928. The van der Waals surface area contributed by atoms with Crippen LogP contribution in [-0.4, -0.2) is 40.1 Å². The minimum absolute atomic E-state index is 0.139. The molecule has 1 unspecified atom stereocenters. The highest BCUT2D eigenvalue weighted by molar-refractivity contribution is 5.86. The van der Waals surface area contributed by atoms with Crippen molar-refractivity contribution >= 4 is 12.0 Å². The number of likely N-dealkylation sites (tertiary alicyclic amines) is 1. The summed E-state index contributed by atoms with van der Waals surface area (Å²) in [5, 5.41) is 2.87. The largest absolute Gasteiger partial charge is 0.444 e. The summed E-state index contributed by atoms with van der Waals surface area (Å²) in [7, 11) is 0. The van der Waals surface area contributed by atoms with E-state index in [2.05, 4.69) is 10.3 Å². The van der Waals surface area contributed by atoms with Crippen molar-refractivity contribution in [3.63, 3.8) is 0 Å². The number of amides is 2. The molecule has 0 bridgehead atoms. The second-order valence-corrected chi connectivity index (χ2v) is 6.41. The van der Waals surface area contributed by atoms with Gasteiger partial charge in [-0.25, -0.2) is 4.79 Å².